The largest absolute Gasteiger partial charge is 0.481 e. The SMILES string of the molecule is CC(O)C(=O)N(CC1CNCC1F)C(c1nc(-c2cc(F)ccc2F)cn1Cc1ccccc1)C(C)(C)CCOC(=O)N(CCC(=O)O)CCN1C(=O)C=CC1=O. The minimum atomic E-state index is -1.53. The number of halogens is 3. The van der Waals surface area contributed by atoms with Crippen molar-refractivity contribution in [2.75, 3.05) is 45.9 Å². The Morgan fingerprint density at radius 1 is 1.05 bits per heavy atom. The van der Waals surface area contributed by atoms with Gasteiger partial charge in [0, 0.05) is 75.6 Å². The van der Waals surface area contributed by atoms with Gasteiger partial charge in [0.2, 0.25) is 0 Å². The Hall–Kier alpha value is -5.55. The van der Waals surface area contributed by atoms with E-state index in [0.717, 1.165) is 45.7 Å². The van der Waals surface area contributed by atoms with Crippen LogP contribution in [0.1, 0.15) is 51.0 Å². The molecule has 2 aromatic carbocycles. The number of hydrogen-bond donors (Lipinski definition) is 3. The van der Waals surface area contributed by atoms with Crippen molar-refractivity contribution in [3.05, 3.63) is 89.9 Å². The van der Waals surface area contributed by atoms with Gasteiger partial charge in [0.15, 0.2) is 0 Å². The first-order valence-corrected chi connectivity index (χ1v) is 18.6. The smallest absolute Gasteiger partial charge is 0.409 e. The summed E-state index contributed by atoms with van der Waals surface area (Å²) in [6.45, 7) is 4.16. The van der Waals surface area contributed by atoms with Gasteiger partial charge in [0.25, 0.3) is 17.7 Å². The molecule has 5 rings (SSSR count). The molecule has 57 heavy (non-hydrogen) atoms. The van der Waals surface area contributed by atoms with Crippen LogP contribution in [0, 0.1) is 23.0 Å². The van der Waals surface area contributed by atoms with Gasteiger partial charge in [-0.3, -0.25) is 24.1 Å². The van der Waals surface area contributed by atoms with Crippen LogP contribution < -0.4 is 5.32 Å². The Morgan fingerprint density at radius 3 is 2.39 bits per heavy atom. The number of nitrogens with one attached hydrogen (secondary N) is 1. The third kappa shape index (κ3) is 10.7. The Kier molecular flexibility index (Phi) is 13.9. The van der Waals surface area contributed by atoms with Gasteiger partial charge >= 0.3 is 12.1 Å². The van der Waals surface area contributed by atoms with Gasteiger partial charge in [0.1, 0.15) is 29.7 Å². The van der Waals surface area contributed by atoms with Crippen LogP contribution in [0.4, 0.5) is 18.0 Å². The maximum Gasteiger partial charge on any atom is 0.409 e. The van der Waals surface area contributed by atoms with Gasteiger partial charge in [-0.05, 0) is 42.5 Å². The molecule has 4 atom stereocenters. The zero-order valence-electron chi connectivity index (χ0n) is 31.9. The van der Waals surface area contributed by atoms with Gasteiger partial charge in [-0.1, -0.05) is 44.2 Å². The number of carbonyl (C=O) groups is 5. The molecular formula is C40H47F3N6O8. The normalized spacial score (nSPS) is 17.8. The van der Waals surface area contributed by atoms with E-state index in [1.807, 2.05) is 30.3 Å². The van der Waals surface area contributed by atoms with Crippen molar-refractivity contribution < 1.29 is 52.1 Å². The number of imide groups is 1. The average Bonchev–Trinajstić information content (AvgIpc) is 3.86. The fourth-order valence-corrected chi connectivity index (χ4v) is 7.01. The number of carboxylic acids is 1. The zero-order chi connectivity index (χ0) is 41.4. The van der Waals surface area contributed by atoms with Gasteiger partial charge in [-0.15, -0.1) is 0 Å². The van der Waals surface area contributed by atoms with E-state index in [2.05, 4.69) is 5.32 Å². The molecular weight excluding hydrogens is 749 g/mol. The summed E-state index contributed by atoms with van der Waals surface area (Å²) < 4.78 is 52.3. The number of aromatic nitrogens is 2. The number of carbonyl (C=O) groups excluding carboxylic acids is 4. The highest BCUT2D eigenvalue weighted by atomic mass is 19.1. The third-order valence-corrected chi connectivity index (χ3v) is 10.2. The molecule has 1 saturated heterocycles. The summed E-state index contributed by atoms with van der Waals surface area (Å²) in [5.41, 5.74) is -0.383. The van der Waals surface area contributed by atoms with Gasteiger partial charge < -0.3 is 34.6 Å². The predicted octanol–water partition coefficient (Wildman–Crippen LogP) is 3.94. The number of rotatable bonds is 18. The first-order valence-electron chi connectivity index (χ1n) is 18.6. The molecule has 306 valence electrons. The zero-order valence-corrected chi connectivity index (χ0v) is 31.9. The van der Waals surface area contributed by atoms with Crippen molar-refractivity contribution in [2.24, 2.45) is 11.3 Å². The molecule has 0 aliphatic carbocycles. The number of benzene rings is 2. The summed E-state index contributed by atoms with van der Waals surface area (Å²) in [5.74, 6) is -4.98. The van der Waals surface area contributed by atoms with E-state index >= 15 is 8.78 Å². The van der Waals surface area contributed by atoms with Crippen molar-refractivity contribution in [1.29, 1.82) is 0 Å². The Morgan fingerprint density at radius 2 is 1.75 bits per heavy atom. The van der Waals surface area contributed by atoms with E-state index in [0.29, 0.717) is 0 Å². The minimum Gasteiger partial charge on any atom is -0.481 e. The fraction of sp³-hybridized carbons (Fsp3) is 0.450. The van der Waals surface area contributed by atoms with Gasteiger partial charge in [-0.2, -0.15) is 0 Å². The lowest BCUT2D eigenvalue weighted by atomic mass is 9.79. The lowest BCUT2D eigenvalue weighted by Crippen LogP contribution is -2.50. The number of amides is 4. The molecule has 3 aromatic rings. The fourth-order valence-electron chi connectivity index (χ4n) is 7.01. The molecule has 14 nitrogen and oxygen atoms in total. The molecule has 0 bridgehead atoms. The summed E-state index contributed by atoms with van der Waals surface area (Å²) in [7, 11) is 0. The summed E-state index contributed by atoms with van der Waals surface area (Å²) in [6, 6.07) is 11.1. The molecule has 1 fully saturated rings. The average molecular weight is 797 g/mol. The topological polar surface area (TPSA) is 175 Å². The van der Waals surface area contributed by atoms with Crippen LogP contribution in [-0.4, -0.2) is 122 Å². The maximum absolute atomic E-state index is 15.3. The molecule has 17 heteroatoms. The van der Waals surface area contributed by atoms with E-state index < -0.39 is 77.5 Å². The van der Waals surface area contributed by atoms with E-state index in [1.54, 1.807) is 18.4 Å². The van der Waals surface area contributed by atoms with Crippen LogP contribution in [0.2, 0.25) is 0 Å². The summed E-state index contributed by atoms with van der Waals surface area (Å²) in [6.07, 6.45) is -0.469. The molecule has 0 spiro atoms. The van der Waals surface area contributed by atoms with Crippen molar-refractivity contribution in [2.45, 2.75) is 58.5 Å². The molecule has 1 aromatic heterocycles. The molecule has 3 N–H and O–H groups in total. The molecule has 4 amide bonds. The number of ether oxygens (including phenoxy) is 1. The quantitative estimate of drug-likeness (QED) is 0.160. The maximum atomic E-state index is 15.3. The van der Waals surface area contributed by atoms with Crippen LogP contribution in [0.15, 0.2) is 66.9 Å². The number of hydrogen-bond acceptors (Lipinski definition) is 9. The van der Waals surface area contributed by atoms with Crippen molar-refractivity contribution in [3.63, 3.8) is 0 Å². The minimum absolute atomic E-state index is 0.0244. The number of carboxylic acid groups (broad SMARTS) is 1. The van der Waals surface area contributed by atoms with Crippen molar-refractivity contribution >= 4 is 29.8 Å². The first-order chi connectivity index (χ1) is 27.0. The van der Waals surface area contributed by atoms with Crippen LogP contribution in [-0.2, 0) is 30.5 Å². The molecule has 2 aliphatic rings. The van der Waals surface area contributed by atoms with Crippen molar-refractivity contribution in [1.82, 2.24) is 29.6 Å². The lowest BCUT2D eigenvalue weighted by molar-refractivity contribution is -0.146. The molecule has 0 saturated carbocycles. The number of alkyl halides is 1. The number of aliphatic hydroxyl groups is 1. The number of imidazole rings is 1. The highest BCUT2D eigenvalue weighted by Gasteiger charge is 2.44. The van der Waals surface area contributed by atoms with E-state index in [4.69, 9.17) is 9.72 Å². The number of aliphatic carboxylic acids is 1. The standard InChI is InChI=1S/C40H47F3N6O8/c1-25(50)38(55)49(23-27-20-44-21-31(27)43)36(37-45-32(29-19-28(41)9-10-30(29)42)24-47(37)22-26-7-5-4-6-8-26)40(2,3)14-18-57-39(56)46(15-13-35(53)54)16-17-48-33(51)11-12-34(48)52/h4-12,19,24-25,27,31,36,44,50H,13-18,20-23H2,1-3H3,(H,53,54). The highest BCUT2D eigenvalue weighted by molar-refractivity contribution is 6.12. The molecule has 3 heterocycles. The number of nitrogens with zero attached hydrogens (tertiary/aromatic N) is 5. The summed E-state index contributed by atoms with van der Waals surface area (Å²) in [4.78, 5) is 71.2. The molecule has 0 radical (unpaired) electrons. The van der Waals surface area contributed by atoms with Crippen molar-refractivity contribution in [3.8, 4) is 11.3 Å². The third-order valence-electron chi connectivity index (χ3n) is 10.2. The Balaban J connectivity index is 1.52. The highest BCUT2D eigenvalue weighted by Crippen LogP contribution is 2.43. The van der Waals surface area contributed by atoms with E-state index in [9.17, 15) is 38.6 Å². The lowest BCUT2D eigenvalue weighted by Gasteiger charge is -2.43. The first kappa shape index (κ1) is 42.6. The Labute approximate surface area is 327 Å². The molecule has 2 aliphatic heterocycles. The number of aliphatic hydroxyl groups excluding tert-OH is 1. The Bertz CT molecular complexity index is 1950. The molecule has 4 unspecified atom stereocenters. The van der Waals surface area contributed by atoms with Gasteiger partial charge in [-0.25, -0.2) is 22.9 Å². The second-order valence-corrected chi connectivity index (χ2v) is 14.9. The summed E-state index contributed by atoms with van der Waals surface area (Å²) >= 11 is 0. The van der Waals surface area contributed by atoms with Gasteiger partial charge in [0.05, 0.1) is 24.8 Å². The monoisotopic (exact) mass is 796 g/mol. The van der Waals surface area contributed by atoms with Crippen LogP contribution in [0.25, 0.3) is 11.3 Å². The van der Waals surface area contributed by atoms with Crippen LogP contribution in [0.3, 0.4) is 0 Å². The van der Waals surface area contributed by atoms with E-state index in [1.165, 1.54) is 18.0 Å². The van der Waals surface area contributed by atoms with Crippen LogP contribution in [0.5, 0.6) is 0 Å². The van der Waals surface area contributed by atoms with E-state index in [-0.39, 0.29) is 75.9 Å². The second-order valence-electron chi connectivity index (χ2n) is 14.9. The summed E-state index contributed by atoms with van der Waals surface area (Å²) in [5, 5.41) is 23.0. The second kappa shape index (κ2) is 18.6. The predicted molar refractivity (Wildman–Crippen MR) is 200 cm³/mol. The van der Waals surface area contributed by atoms with Crippen LogP contribution >= 0.6 is 0 Å².